The summed E-state index contributed by atoms with van der Waals surface area (Å²) in [5.74, 6) is 0. The van der Waals surface area contributed by atoms with Gasteiger partial charge in [0.2, 0.25) is 0 Å². The number of aromatic nitrogens is 1. The summed E-state index contributed by atoms with van der Waals surface area (Å²) < 4.78 is 0. The van der Waals surface area contributed by atoms with E-state index in [9.17, 15) is 0 Å². The second-order valence-corrected chi connectivity index (χ2v) is 5.53. The van der Waals surface area contributed by atoms with Gasteiger partial charge in [0, 0.05) is 11.4 Å². The van der Waals surface area contributed by atoms with E-state index in [1.807, 2.05) is 0 Å². The molecule has 17 heavy (non-hydrogen) atoms. The molecule has 0 atom stereocenters. The number of rotatable bonds is 4. The number of hydrogen-bond donors (Lipinski definition) is 1. The van der Waals surface area contributed by atoms with Crippen molar-refractivity contribution < 1.29 is 0 Å². The van der Waals surface area contributed by atoms with Crippen molar-refractivity contribution >= 4 is 16.5 Å². The van der Waals surface area contributed by atoms with Crippen molar-refractivity contribution in [1.82, 2.24) is 4.98 Å². The molecule has 2 rings (SSSR count). The minimum Gasteiger partial charge on any atom is -0.361 e. The number of thiazole rings is 1. The predicted octanol–water partition coefficient (Wildman–Crippen LogP) is 3.72. The van der Waals surface area contributed by atoms with Gasteiger partial charge in [0.25, 0.3) is 0 Å². The quantitative estimate of drug-likeness (QED) is 0.889. The highest BCUT2D eigenvalue weighted by molar-refractivity contribution is 7.15. The van der Waals surface area contributed by atoms with Crippen molar-refractivity contribution in [3.8, 4) is 0 Å². The molecule has 1 heterocycles. The first-order valence-electron chi connectivity index (χ1n) is 5.88. The molecule has 2 nitrogen and oxygen atoms in total. The van der Waals surface area contributed by atoms with E-state index in [2.05, 4.69) is 55.3 Å². The van der Waals surface area contributed by atoms with Crippen LogP contribution in [0.5, 0.6) is 0 Å². The van der Waals surface area contributed by atoms with E-state index in [4.69, 9.17) is 0 Å². The third kappa shape index (κ3) is 3.30. The molecule has 0 fully saturated rings. The zero-order chi connectivity index (χ0) is 12.3. The molecular formula is C14H18N2S. The molecule has 0 aliphatic rings. The normalized spacial score (nSPS) is 10.5. The van der Waals surface area contributed by atoms with Crippen LogP contribution in [0.25, 0.3) is 0 Å². The van der Waals surface area contributed by atoms with Gasteiger partial charge in [-0.2, -0.15) is 0 Å². The van der Waals surface area contributed by atoms with Gasteiger partial charge >= 0.3 is 0 Å². The smallest absolute Gasteiger partial charge is 0.183 e. The highest BCUT2D eigenvalue weighted by atomic mass is 32.1. The summed E-state index contributed by atoms with van der Waals surface area (Å²) in [6, 6.07) is 8.70. The summed E-state index contributed by atoms with van der Waals surface area (Å²) in [6.07, 6.45) is 1.04. The topological polar surface area (TPSA) is 24.9 Å². The van der Waals surface area contributed by atoms with Crippen LogP contribution in [-0.4, -0.2) is 11.5 Å². The summed E-state index contributed by atoms with van der Waals surface area (Å²) in [4.78, 5) is 5.76. The van der Waals surface area contributed by atoms with E-state index in [1.165, 1.54) is 16.0 Å². The molecule has 0 saturated heterocycles. The highest BCUT2D eigenvalue weighted by Crippen LogP contribution is 2.20. The van der Waals surface area contributed by atoms with Crippen LogP contribution >= 0.6 is 11.3 Å². The first-order valence-corrected chi connectivity index (χ1v) is 6.70. The molecule has 1 N–H and O–H groups in total. The van der Waals surface area contributed by atoms with E-state index >= 15 is 0 Å². The summed E-state index contributed by atoms with van der Waals surface area (Å²) in [5.41, 5.74) is 3.81. The monoisotopic (exact) mass is 246 g/mol. The molecule has 0 saturated carbocycles. The number of nitrogens with one attached hydrogen (secondary N) is 1. The average Bonchev–Trinajstić information content (AvgIpc) is 2.61. The molecule has 0 unspecified atom stereocenters. The minimum atomic E-state index is 0.940. The van der Waals surface area contributed by atoms with E-state index < -0.39 is 0 Å². The lowest BCUT2D eigenvalue weighted by atomic mass is 10.1. The fourth-order valence-electron chi connectivity index (χ4n) is 1.62. The van der Waals surface area contributed by atoms with Crippen molar-refractivity contribution in [2.45, 2.75) is 27.2 Å². The summed E-state index contributed by atoms with van der Waals surface area (Å²) in [5, 5.41) is 4.41. The van der Waals surface area contributed by atoms with Crippen LogP contribution in [0.15, 0.2) is 24.3 Å². The Balaban J connectivity index is 1.85. The molecule has 2 aromatic rings. The molecular weight excluding hydrogens is 228 g/mol. The standard InChI is InChI=1S/C14H18N2S/c1-10-4-6-13(7-5-10)8-9-15-14-16-11(2)12(3)17-14/h4-7H,8-9H2,1-3H3,(H,15,16). The Bertz CT molecular complexity index is 466. The Morgan fingerprint density at radius 2 is 1.82 bits per heavy atom. The van der Waals surface area contributed by atoms with Gasteiger partial charge in [-0.3, -0.25) is 0 Å². The molecule has 1 aromatic heterocycles. The number of benzene rings is 1. The van der Waals surface area contributed by atoms with Crippen LogP contribution < -0.4 is 5.32 Å². The molecule has 1 aromatic carbocycles. The zero-order valence-corrected chi connectivity index (χ0v) is 11.4. The molecule has 90 valence electrons. The highest BCUT2D eigenvalue weighted by Gasteiger charge is 2.02. The van der Waals surface area contributed by atoms with Crippen molar-refractivity contribution in [1.29, 1.82) is 0 Å². The van der Waals surface area contributed by atoms with Gasteiger partial charge in [0.1, 0.15) is 0 Å². The van der Waals surface area contributed by atoms with Gasteiger partial charge in [-0.05, 0) is 32.8 Å². The lowest BCUT2D eigenvalue weighted by molar-refractivity contribution is 1.01. The van der Waals surface area contributed by atoms with E-state index in [0.717, 1.165) is 23.8 Å². The Hall–Kier alpha value is -1.35. The Labute approximate surface area is 107 Å². The summed E-state index contributed by atoms with van der Waals surface area (Å²) in [7, 11) is 0. The number of hydrogen-bond acceptors (Lipinski definition) is 3. The lowest BCUT2D eigenvalue weighted by Crippen LogP contribution is -2.04. The van der Waals surface area contributed by atoms with Gasteiger partial charge in [0.15, 0.2) is 5.13 Å². The number of anilines is 1. The molecule has 0 amide bonds. The van der Waals surface area contributed by atoms with E-state index in [1.54, 1.807) is 11.3 Å². The van der Waals surface area contributed by atoms with E-state index in [0.29, 0.717) is 0 Å². The van der Waals surface area contributed by atoms with Gasteiger partial charge in [-0.1, -0.05) is 29.8 Å². The summed E-state index contributed by atoms with van der Waals surface area (Å²) >= 11 is 1.73. The SMILES string of the molecule is Cc1ccc(CCNc2nc(C)c(C)s2)cc1. The first kappa shape index (κ1) is 12.1. The van der Waals surface area contributed by atoms with Crippen LogP contribution in [0.2, 0.25) is 0 Å². The maximum atomic E-state index is 4.46. The average molecular weight is 246 g/mol. The fraction of sp³-hybridized carbons (Fsp3) is 0.357. The Morgan fingerprint density at radius 3 is 2.41 bits per heavy atom. The van der Waals surface area contributed by atoms with Crippen LogP contribution in [0, 0.1) is 20.8 Å². The largest absolute Gasteiger partial charge is 0.361 e. The minimum absolute atomic E-state index is 0.940. The second-order valence-electron chi connectivity index (χ2n) is 4.32. The number of aryl methyl sites for hydroxylation is 3. The maximum Gasteiger partial charge on any atom is 0.183 e. The first-order chi connectivity index (χ1) is 8.15. The second kappa shape index (κ2) is 5.32. The predicted molar refractivity (Wildman–Crippen MR) is 75.0 cm³/mol. The molecule has 0 radical (unpaired) electrons. The number of nitrogens with zero attached hydrogens (tertiary/aromatic N) is 1. The Kier molecular flexibility index (Phi) is 3.79. The van der Waals surface area contributed by atoms with Gasteiger partial charge in [0.05, 0.1) is 5.69 Å². The molecule has 0 bridgehead atoms. The van der Waals surface area contributed by atoms with Gasteiger partial charge < -0.3 is 5.32 Å². The van der Waals surface area contributed by atoms with Gasteiger partial charge in [-0.15, -0.1) is 11.3 Å². The summed E-state index contributed by atoms with van der Waals surface area (Å²) in [6.45, 7) is 7.22. The van der Waals surface area contributed by atoms with Crippen molar-refractivity contribution in [3.05, 3.63) is 46.0 Å². The van der Waals surface area contributed by atoms with Crippen molar-refractivity contribution in [3.63, 3.8) is 0 Å². The van der Waals surface area contributed by atoms with Crippen LogP contribution in [0.3, 0.4) is 0 Å². The third-order valence-electron chi connectivity index (χ3n) is 2.84. The van der Waals surface area contributed by atoms with E-state index in [-0.39, 0.29) is 0 Å². The molecule has 0 aliphatic heterocycles. The Morgan fingerprint density at radius 1 is 1.12 bits per heavy atom. The lowest BCUT2D eigenvalue weighted by Gasteiger charge is -2.03. The van der Waals surface area contributed by atoms with Crippen molar-refractivity contribution in [2.75, 3.05) is 11.9 Å². The molecule has 3 heteroatoms. The molecule has 0 spiro atoms. The van der Waals surface area contributed by atoms with Crippen LogP contribution in [0.4, 0.5) is 5.13 Å². The van der Waals surface area contributed by atoms with Crippen LogP contribution in [0.1, 0.15) is 21.7 Å². The molecule has 0 aliphatic carbocycles. The zero-order valence-electron chi connectivity index (χ0n) is 10.6. The maximum absolute atomic E-state index is 4.46. The van der Waals surface area contributed by atoms with Crippen molar-refractivity contribution in [2.24, 2.45) is 0 Å². The fourth-order valence-corrected chi connectivity index (χ4v) is 2.46. The van der Waals surface area contributed by atoms with Gasteiger partial charge in [-0.25, -0.2) is 4.98 Å². The third-order valence-corrected chi connectivity index (χ3v) is 3.87. The van der Waals surface area contributed by atoms with Crippen LogP contribution in [-0.2, 0) is 6.42 Å².